The van der Waals surface area contributed by atoms with E-state index in [4.69, 9.17) is 11.6 Å². The highest BCUT2D eigenvalue weighted by atomic mass is 127. The fourth-order valence-electron chi connectivity index (χ4n) is 1.21. The third-order valence-electron chi connectivity index (χ3n) is 1.98. The Bertz CT molecular complexity index is 482. The number of pyridine rings is 1. The van der Waals surface area contributed by atoms with Crippen molar-refractivity contribution in [1.29, 1.82) is 0 Å². The average Bonchev–Trinajstić information content (AvgIpc) is 2.30. The van der Waals surface area contributed by atoms with Crippen molar-refractivity contribution in [3.05, 3.63) is 20.9 Å². The monoisotopic (exact) mass is 409 g/mol. The average molecular weight is 410 g/mol. The van der Waals surface area contributed by atoms with Gasteiger partial charge in [0.25, 0.3) is 0 Å². The molecule has 0 N–H and O–H groups in total. The standard InChI is InChI=1S/C10H8ClF3INO3/c1-18-8(17)3-6-9(15)5(4-11)2-7(16-6)19-10(12,13)14/h2H,3-4H2,1H3. The highest BCUT2D eigenvalue weighted by Crippen LogP contribution is 2.27. The van der Waals surface area contributed by atoms with Crippen molar-refractivity contribution in [1.82, 2.24) is 4.98 Å². The van der Waals surface area contributed by atoms with E-state index in [2.05, 4.69) is 14.5 Å². The Morgan fingerprint density at radius 1 is 1.53 bits per heavy atom. The van der Waals surface area contributed by atoms with E-state index < -0.39 is 18.2 Å². The third kappa shape index (κ3) is 5.01. The highest BCUT2D eigenvalue weighted by molar-refractivity contribution is 14.1. The van der Waals surface area contributed by atoms with Gasteiger partial charge in [0.1, 0.15) is 0 Å². The van der Waals surface area contributed by atoms with Gasteiger partial charge in [-0.3, -0.25) is 4.79 Å². The summed E-state index contributed by atoms with van der Waals surface area (Å²) >= 11 is 7.49. The molecule has 0 fully saturated rings. The molecule has 0 aliphatic rings. The van der Waals surface area contributed by atoms with Crippen molar-refractivity contribution < 1.29 is 27.4 Å². The lowest BCUT2D eigenvalue weighted by Crippen LogP contribution is -2.19. The highest BCUT2D eigenvalue weighted by Gasteiger charge is 2.32. The van der Waals surface area contributed by atoms with Crippen LogP contribution in [-0.4, -0.2) is 24.4 Å². The van der Waals surface area contributed by atoms with Crippen LogP contribution in [0.1, 0.15) is 11.3 Å². The molecule has 0 aromatic carbocycles. The van der Waals surface area contributed by atoms with Crippen molar-refractivity contribution in [2.24, 2.45) is 0 Å². The van der Waals surface area contributed by atoms with Crippen molar-refractivity contribution in [2.75, 3.05) is 7.11 Å². The number of halogens is 5. The molecular formula is C10H8ClF3INO3. The van der Waals surface area contributed by atoms with Gasteiger partial charge in [0.15, 0.2) is 0 Å². The second-order valence-electron chi connectivity index (χ2n) is 3.31. The molecular weight excluding hydrogens is 401 g/mol. The SMILES string of the molecule is COC(=O)Cc1nc(OC(F)(F)F)cc(CCl)c1I. The van der Waals surface area contributed by atoms with E-state index in [0.29, 0.717) is 9.13 Å². The lowest BCUT2D eigenvalue weighted by molar-refractivity contribution is -0.276. The smallest absolute Gasteiger partial charge is 0.469 e. The van der Waals surface area contributed by atoms with Crippen LogP contribution in [0.3, 0.4) is 0 Å². The van der Waals surface area contributed by atoms with Crippen LogP contribution in [0.2, 0.25) is 0 Å². The van der Waals surface area contributed by atoms with E-state index in [0.717, 1.165) is 6.07 Å². The lowest BCUT2D eigenvalue weighted by atomic mass is 10.2. The Morgan fingerprint density at radius 2 is 2.16 bits per heavy atom. The van der Waals surface area contributed by atoms with Gasteiger partial charge in [-0.25, -0.2) is 4.98 Å². The summed E-state index contributed by atoms with van der Waals surface area (Å²) in [4.78, 5) is 14.8. The predicted octanol–water partition coefficient (Wildman–Crippen LogP) is 3.04. The zero-order chi connectivity index (χ0) is 14.6. The van der Waals surface area contributed by atoms with Gasteiger partial charge in [0.2, 0.25) is 5.88 Å². The first-order chi connectivity index (χ1) is 8.76. The van der Waals surface area contributed by atoms with E-state index in [-0.39, 0.29) is 18.0 Å². The van der Waals surface area contributed by atoms with Gasteiger partial charge in [-0.1, -0.05) is 0 Å². The first-order valence-electron chi connectivity index (χ1n) is 4.83. The summed E-state index contributed by atoms with van der Waals surface area (Å²) in [7, 11) is 1.17. The van der Waals surface area contributed by atoms with Crippen LogP contribution in [0, 0.1) is 3.57 Å². The fraction of sp³-hybridized carbons (Fsp3) is 0.400. The third-order valence-corrected chi connectivity index (χ3v) is 3.59. The largest absolute Gasteiger partial charge is 0.574 e. The first kappa shape index (κ1) is 16.3. The molecule has 0 radical (unpaired) electrons. The fourth-order valence-corrected chi connectivity index (χ4v) is 2.30. The summed E-state index contributed by atoms with van der Waals surface area (Å²) in [5.74, 6) is -1.29. The molecule has 0 amide bonds. The van der Waals surface area contributed by atoms with Crippen molar-refractivity contribution in [3.63, 3.8) is 0 Å². The molecule has 0 atom stereocenters. The summed E-state index contributed by atoms with van der Waals surface area (Å²) in [6.45, 7) is 0. The number of carbonyl (C=O) groups excluding carboxylic acids is 1. The summed E-state index contributed by atoms with van der Waals surface area (Å²) in [6, 6.07) is 1.09. The van der Waals surface area contributed by atoms with Crippen molar-refractivity contribution in [2.45, 2.75) is 18.7 Å². The Labute approximate surface area is 125 Å². The van der Waals surface area contributed by atoms with Crippen LogP contribution in [-0.2, 0) is 21.8 Å². The van der Waals surface area contributed by atoms with Gasteiger partial charge in [0, 0.05) is 15.5 Å². The number of esters is 1. The maximum absolute atomic E-state index is 12.1. The number of nitrogens with zero attached hydrogens (tertiary/aromatic N) is 1. The zero-order valence-electron chi connectivity index (χ0n) is 9.55. The second kappa shape index (κ2) is 6.60. The molecule has 106 valence electrons. The van der Waals surface area contributed by atoms with Crippen LogP contribution >= 0.6 is 34.2 Å². The minimum atomic E-state index is -4.86. The maximum Gasteiger partial charge on any atom is 0.574 e. The van der Waals surface area contributed by atoms with E-state index in [1.165, 1.54) is 7.11 Å². The number of rotatable bonds is 4. The van der Waals surface area contributed by atoms with Crippen LogP contribution in [0.5, 0.6) is 5.88 Å². The van der Waals surface area contributed by atoms with E-state index >= 15 is 0 Å². The molecule has 0 saturated carbocycles. The van der Waals surface area contributed by atoms with Gasteiger partial charge in [0.05, 0.1) is 19.2 Å². The van der Waals surface area contributed by atoms with Crippen LogP contribution in [0.25, 0.3) is 0 Å². The molecule has 0 spiro atoms. The molecule has 1 heterocycles. The van der Waals surface area contributed by atoms with Crippen LogP contribution in [0.15, 0.2) is 6.07 Å². The normalized spacial score (nSPS) is 11.3. The molecule has 4 nitrogen and oxygen atoms in total. The topological polar surface area (TPSA) is 48.4 Å². The van der Waals surface area contributed by atoms with Crippen LogP contribution in [0.4, 0.5) is 13.2 Å². The molecule has 0 saturated heterocycles. The number of methoxy groups -OCH3 is 1. The molecule has 1 aromatic rings. The molecule has 1 aromatic heterocycles. The minimum absolute atomic E-state index is 0.0246. The molecule has 19 heavy (non-hydrogen) atoms. The maximum atomic E-state index is 12.1. The molecule has 0 unspecified atom stereocenters. The quantitative estimate of drug-likeness (QED) is 0.436. The van der Waals surface area contributed by atoms with Gasteiger partial charge in [-0.15, -0.1) is 24.8 Å². The Morgan fingerprint density at radius 3 is 2.63 bits per heavy atom. The number of ether oxygens (including phenoxy) is 2. The zero-order valence-corrected chi connectivity index (χ0v) is 12.5. The number of alkyl halides is 4. The number of hydrogen-bond donors (Lipinski definition) is 0. The van der Waals surface area contributed by atoms with Gasteiger partial charge in [-0.2, -0.15) is 0 Å². The van der Waals surface area contributed by atoms with Gasteiger partial charge >= 0.3 is 12.3 Å². The van der Waals surface area contributed by atoms with Crippen LogP contribution < -0.4 is 4.74 Å². The van der Waals surface area contributed by atoms with Gasteiger partial charge < -0.3 is 9.47 Å². The summed E-state index contributed by atoms with van der Waals surface area (Å²) < 4.78 is 45.1. The summed E-state index contributed by atoms with van der Waals surface area (Å²) in [5.41, 5.74) is 0.528. The van der Waals surface area contributed by atoms with Crippen molar-refractivity contribution >= 4 is 40.2 Å². The number of hydrogen-bond acceptors (Lipinski definition) is 4. The lowest BCUT2D eigenvalue weighted by Gasteiger charge is -2.12. The van der Waals surface area contributed by atoms with E-state index in [1.807, 2.05) is 22.6 Å². The molecule has 0 aliphatic carbocycles. The second-order valence-corrected chi connectivity index (χ2v) is 4.66. The molecule has 9 heteroatoms. The Hall–Kier alpha value is -0.770. The molecule has 0 aliphatic heterocycles. The minimum Gasteiger partial charge on any atom is -0.469 e. The van der Waals surface area contributed by atoms with E-state index in [1.54, 1.807) is 0 Å². The molecule has 1 rings (SSSR count). The van der Waals surface area contributed by atoms with Gasteiger partial charge in [-0.05, 0) is 28.2 Å². The molecule has 0 bridgehead atoms. The Kier molecular flexibility index (Phi) is 5.65. The van der Waals surface area contributed by atoms with E-state index in [9.17, 15) is 18.0 Å². The number of carbonyl (C=O) groups is 1. The predicted molar refractivity (Wildman–Crippen MR) is 68.9 cm³/mol. The summed E-state index contributed by atoms with van der Waals surface area (Å²) in [6.07, 6.45) is -5.11. The number of aromatic nitrogens is 1. The summed E-state index contributed by atoms with van der Waals surface area (Å²) in [5, 5.41) is 0. The first-order valence-corrected chi connectivity index (χ1v) is 6.45. The van der Waals surface area contributed by atoms with Crippen molar-refractivity contribution in [3.8, 4) is 5.88 Å². The Balaban J connectivity index is 3.14.